The minimum atomic E-state index is -0.343. The SMILES string of the molecule is Cc1ccc(C)c(OCc2c(C(=O)Nc3ccc(-c4nc5ccc(C)cc5s4)cc3)noc2C)c1. The monoisotopic (exact) mass is 483 g/mol. The maximum atomic E-state index is 13.0. The van der Waals surface area contributed by atoms with Crippen LogP contribution in [0.4, 0.5) is 5.69 Å². The Kier molecular flexibility index (Phi) is 6.09. The van der Waals surface area contributed by atoms with Crippen molar-refractivity contribution in [3.8, 4) is 16.3 Å². The Balaban J connectivity index is 1.30. The van der Waals surface area contributed by atoms with Gasteiger partial charge in [0, 0.05) is 11.3 Å². The van der Waals surface area contributed by atoms with Crippen LogP contribution in [0, 0.1) is 27.7 Å². The fourth-order valence-corrected chi connectivity index (χ4v) is 4.86. The second kappa shape index (κ2) is 9.35. The number of carbonyl (C=O) groups is 1. The summed E-state index contributed by atoms with van der Waals surface area (Å²) in [6.45, 7) is 8.05. The zero-order chi connectivity index (χ0) is 24.5. The molecule has 6 nitrogen and oxygen atoms in total. The molecule has 0 atom stereocenters. The van der Waals surface area contributed by atoms with Crippen LogP contribution in [-0.2, 0) is 6.61 Å². The van der Waals surface area contributed by atoms with Crippen LogP contribution in [0.5, 0.6) is 5.75 Å². The van der Waals surface area contributed by atoms with Crippen LogP contribution in [-0.4, -0.2) is 16.0 Å². The van der Waals surface area contributed by atoms with Gasteiger partial charge >= 0.3 is 0 Å². The van der Waals surface area contributed by atoms with E-state index in [-0.39, 0.29) is 18.2 Å². The molecular formula is C28H25N3O3S. The van der Waals surface area contributed by atoms with Gasteiger partial charge in [-0.25, -0.2) is 4.98 Å². The number of hydrogen-bond donors (Lipinski definition) is 1. The number of aromatic nitrogens is 2. The molecule has 0 aliphatic carbocycles. The summed E-state index contributed by atoms with van der Waals surface area (Å²) in [6, 6.07) is 19.9. The van der Waals surface area contributed by atoms with E-state index in [4.69, 9.17) is 14.2 Å². The van der Waals surface area contributed by atoms with E-state index >= 15 is 0 Å². The molecule has 0 saturated heterocycles. The van der Waals surface area contributed by atoms with E-state index in [0.717, 1.165) is 37.7 Å². The van der Waals surface area contributed by atoms with Crippen molar-refractivity contribution in [2.24, 2.45) is 0 Å². The molecular weight excluding hydrogens is 458 g/mol. The Morgan fingerprint density at radius 2 is 1.71 bits per heavy atom. The molecule has 0 fully saturated rings. The summed E-state index contributed by atoms with van der Waals surface area (Å²) in [7, 11) is 0. The number of fused-ring (bicyclic) bond motifs is 1. The molecule has 1 N–H and O–H groups in total. The second-order valence-corrected chi connectivity index (χ2v) is 9.68. The van der Waals surface area contributed by atoms with E-state index in [2.05, 4.69) is 29.5 Å². The highest BCUT2D eigenvalue weighted by atomic mass is 32.1. The van der Waals surface area contributed by atoms with Crippen molar-refractivity contribution in [2.45, 2.75) is 34.3 Å². The van der Waals surface area contributed by atoms with Gasteiger partial charge < -0.3 is 14.6 Å². The van der Waals surface area contributed by atoms with Crippen LogP contribution < -0.4 is 10.1 Å². The number of aryl methyl sites for hydroxylation is 4. The largest absolute Gasteiger partial charge is 0.488 e. The first-order chi connectivity index (χ1) is 16.9. The predicted octanol–water partition coefficient (Wildman–Crippen LogP) is 7.02. The maximum absolute atomic E-state index is 13.0. The molecule has 176 valence electrons. The summed E-state index contributed by atoms with van der Waals surface area (Å²) < 4.78 is 12.5. The topological polar surface area (TPSA) is 77.2 Å². The molecule has 35 heavy (non-hydrogen) atoms. The normalized spacial score (nSPS) is 11.1. The van der Waals surface area contributed by atoms with E-state index in [1.165, 1.54) is 5.56 Å². The molecule has 0 bridgehead atoms. The molecule has 0 radical (unpaired) electrons. The lowest BCUT2D eigenvalue weighted by Crippen LogP contribution is -2.15. The van der Waals surface area contributed by atoms with Gasteiger partial charge in [-0.2, -0.15) is 0 Å². The van der Waals surface area contributed by atoms with Gasteiger partial charge in [0.15, 0.2) is 5.69 Å². The fourth-order valence-electron chi connectivity index (χ4n) is 3.79. The smallest absolute Gasteiger partial charge is 0.278 e. The molecule has 2 aromatic heterocycles. The Morgan fingerprint density at radius 1 is 0.971 bits per heavy atom. The number of thiazole rings is 1. The molecule has 5 rings (SSSR count). The van der Waals surface area contributed by atoms with E-state index < -0.39 is 0 Å². The highest BCUT2D eigenvalue weighted by Crippen LogP contribution is 2.31. The molecule has 5 aromatic rings. The lowest BCUT2D eigenvalue weighted by Gasteiger charge is -2.10. The summed E-state index contributed by atoms with van der Waals surface area (Å²) in [5.41, 5.74) is 6.86. The van der Waals surface area contributed by atoms with E-state index in [0.29, 0.717) is 17.0 Å². The summed E-state index contributed by atoms with van der Waals surface area (Å²) in [5.74, 6) is 0.990. The summed E-state index contributed by atoms with van der Waals surface area (Å²) in [4.78, 5) is 17.7. The van der Waals surface area contributed by atoms with Crippen molar-refractivity contribution in [3.63, 3.8) is 0 Å². The van der Waals surface area contributed by atoms with Crippen LogP contribution in [0.3, 0.4) is 0 Å². The van der Waals surface area contributed by atoms with Crippen LogP contribution in [0.25, 0.3) is 20.8 Å². The Hall–Kier alpha value is -3.97. The first-order valence-electron chi connectivity index (χ1n) is 11.3. The van der Waals surface area contributed by atoms with E-state index in [1.807, 2.05) is 62.4 Å². The molecule has 0 aliphatic rings. The third-order valence-corrected chi connectivity index (χ3v) is 6.92. The minimum absolute atomic E-state index is 0.193. The highest BCUT2D eigenvalue weighted by molar-refractivity contribution is 7.21. The molecule has 1 amide bonds. The summed E-state index contributed by atoms with van der Waals surface area (Å²) in [5, 5.41) is 7.84. The van der Waals surface area contributed by atoms with Gasteiger partial charge in [-0.15, -0.1) is 11.3 Å². The average molecular weight is 484 g/mol. The van der Waals surface area contributed by atoms with Crippen LogP contribution in [0.15, 0.2) is 65.2 Å². The van der Waals surface area contributed by atoms with E-state index in [1.54, 1.807) is 18.3 Å². The van der Waals surface area contributed by atoms with Crippen molar-refractivity contribution in [2.75, 3.05) is 5.32 Å². The van der Waals surface area contributed by atoms with Gasteiger partial charge in [-0.1, -0.05) is 23.4 Å². The van der Waals surface area contributed by atoms with Crippen molar-refractivity contribution < 1.29 is 14.1 Å². The van der Waals surface area contributed by atoms with Gasteiger partial charge in [0.05, 0.1) is 15.8 Å². The third kappa shape index (κ3) is 4.81. The van der Waals surface area contributed by atoms with Gasteiger partial charge in [0.1, 0.15) is 23.1 Å². The molecule has 0 spiro atoms. The number of carbonyl (C=O) groups excluding carboxylic acids is 1. The number of nitrogens with zero attached hydrogens (tertiary/aromatic N) is 2. The maximum Gasteiger partial charge on any atom is 0.278 e. The fraction of sp³-hybridized carbons (Fsp3) is 0.179. The summed E-state index contributed by atoms with van der Waals surface area (Å²) in [6.07, 6.45) is 0. The van der Waals surface area contributed by atoms with Crippen molar-refractivity contribution in [3.05, 3.63) is 94.4 Å². The molecule has 0 saturated carbocycles. The number of hydrogen-bond acceptors (Lipinski definition) is 6. The standard InChI is InChI=1S/C28H25N3O3S/c1-16-5-7-18(3)24(13-16)33-15-22-19(4)34-31-26(22)27(32)29-21-10-8-20(9-11-21)28-30-23-12-6-17(2)14-25(23)35-28/h5-14H,15H2,1-4H3,(H,29,32). The Morgan fingerprint density at radius 3 is 2.51 bits per heavy atom. The Bertz CT molecular complexity index is 1530. The molecule has 2 heterocycles. The molecule has 7 heteroatoms. The first kappa shape index (κ1) is 22.8. The van der Waals surface area contributed by atoms with Gasteiger partial charge in [0.25, 0.3) is 5.91 Å². The average Bonchev–Trinajstić information content (AvgIpc) is 3.43. The van der Waals surface area contributed by atoms with Gasteiger partial charge in [0.2, 0.25) is 0 Å². The first-order valence-corrected chi connectivity index (χ1v) is 12.1. The number of rotatable bonds is 6. The van der Waals surface area contributed by atoms with Crippen molar-refractivity contribution >= 4 is 33.1 Å². The molecule has 3 aromatic carbocycles. The van der Waals surface area contributed by atoms with Crippen LogP contribution in [0.2, 0.25) is 0 Å². The zero-order valence-electron chi connectivity index (χ0n) is 20.0. The zero-order valence-corrected chi connectivity index (χ0v) is 20.8. The molecule has 0 aliphatic heterocycles. The lowest BCUT2D eigenvalue weighted by atomic mass is 10.1. The number of anilines is 1. The number of amides is 1. The van der Waals surface area contributed by atoms with E-state index in [9.17, 15) is 4.79 Å². The number of ether oxygens (including phenoxy) is 1. The van der Waals surface area contributed by atoms with Crippen LogP contribution in [0.1, 0.15) is 38.5 Å². The predicted molar refractivity (Wildman–Crippen MR) is 139 cm³/mol. The number of nitrogens with one attached hydrogen (secondary N) is 1. The second-order valence-electron chi connectivity index (χ2n) is 8.65. The Labute approximate surface area is 207 Å². The van der Waals surface area contributed by atoms with Gasteiger partial charge in [-0.05, 0) is 86.8 Å². The third-order valence-electron chi connectivity index (χ3n) is 5.85. The molecule has 0 unspecified atom stereocenters. The van der Waals surface area contributed by atoms with Crippen molar-refractivity contribution in [1.82, 2.24) is 10.1 Å². The summed E-state index contributed by atoms with van der Waals surface area (Å²) >= 11 is 1.66. The van der Waals surface area contributed by atoms with Crippen LogP contribution >= 0.6 is 11.3 Å². The number of benzene rings is 3. The minimum Gasteiger partial charge on any atom is -0.488 e. The quantitative estimate of drug-likeness (QED) is 0.281. The highest BCUT2D eigenvalue weighted by Gasteiger charge is 2.21. The van der Waals surface area contributed by atoms with Gasteiger partial charge in [-0.3, -0.25) is 4.79 Å². The van der Waals surface area contributed by atoms with Crippen molar-refractivity contribution in [1.29, 1.82) is 0 Å². The lowest BCUT2D eigenvalue weighted by molar-refractivity contribution is 0.101.